The Balaban J connectivity index is 1.62. The number of carbonyl (C=O) groups excluding carboxylic acids is 2. The van der Waals surface area contributed by atoms with Crippen molar-refractivity contribution >= 4 is 23.3 Å². The smallest absolute Gasteiger partial charge is 0.356 e. The van der Waals surface area contributed by atoms with Crippen LogP contribution in [0, 0.1) is 18.7 Å². The summed E-state index contributed by atoms with van der Waals surface area (Å²) in [6.07, 6.45) is -8.24. The first kappa shape index (κ1) is 31.8. The van der Waals surface area contributed by atoms with E-state index in [9.17, 15) is 40.3 Å². The fourth-order valence-corrected chi connectivity index (χ4v) is 5.42. The molecule has 2 heterocycles. The third-order valence-electron chi connectivity index (χ3n) is 7.40. The fourth-order valence-electron chi connectivity index (χ4n) is 5.42. The molecule has 1 N–H and O–H groups in total. The van der Waals surface area contributed by atoms with Crippen molar-refractivity contribution in [2.24, 2.45) is 5.92 Å². The molecule has 13 heteroatoms. The summed E-state index contributed by atoms with van der Waals surface area (Å²) in [6.45, 7) is 3.24. The summed E-state index contributed by atoms with van der Waals surface area (Å²) in [5, 5.41) is 2.63. The summed E-state index contributed by atoms with van der Waals surface area (Å²) in [5.41, 5.74) is -1.45. The van der Waals surface area contributed by atoms with Gasteiger partial charge in [-0.25, -0.2) is 9.37 Å². The Bertz CT molecular complexity index is 1460. The average molecular weight is 611 g/mol. The lowest BCUT2D eigenvalue weighted by molar-refractivity contribution is -0.143. The second-order valence-corrected chi connectivity index (χ2v) is 10.6. The van der Waals surface area contributed by atoms with Gasteiger partial charge in [0.25, 0.3) is 0 Å². The van der Waals surface area contributed by atoms with Crippen LogP contribution in [0.3, 0.4) is 0 Å². The molecule has 1 fully saturated rings. The molecule has 0 bridgehead atoms. The highest BCUT2D eigenvalue weighted by atomic mass is 19.4. The number of hydrogen-bond donors (Lipinski definition) is 1. The molecule has 230 valence electrons. The summed E-state index contributed by atoms with van der Waals surface area (Å²) in [5.74, 6) is -1.81. The highest BCUT2D eigenvalue weighted by Gasteiger charge is 2.39. The molecule has 0 saturated carbocycles. The van der Waals surface area contributed by atoms with Crippen LogP contribution in [0.25, 0.3) is 0 Å². The molecule has 2 atom stereocenters. The van der Waals surface area contributed by atoms with Crippen LogP contribution in [-0.4, -0.2) is 41.8 Å². The third-order valence-corrected chi connectivity index (χ3v) is 7.40. The summed E-state index contributed by atoms with van der Waals surface area (Å²) in [4.78, 5) is 32.6. The number of halogens is 7. The molecule has 1 aliphatic heterocycles. The molecule has 0 spiro atoms. The number of piperidine rings is 1. The van der Waals surface area contributed by atoms with Crippen LogP contribution in [0.5, 0.6) is 0 Å². The number of benzene rings is 2. The van der Waals surface area contributed by atoms with Crippen molar-refractivity contribution < 1.29 is 40.3 Å². The molecule has 43 heavy (non-hydrogen) atoms. The van der Waals surface area contributed by atoms with Crippen LogP contribution in [0.1, 0.15) is 47.1 Å². The van der Waals surface area contributed by atoms with E-state index in [0.29, 0.717) is 41.3 Å². The van der Waals surface area contributed by atoms with Crippen molar-refractivity contribution in [3.63, 3.8) is 0 Å². The molecule has 2 aromatic carbocycles. The van der Waals surface area contributed by atoms with Crippen LogP contribution in [0.15, 0.2) is 54.7 Å². The molecule has 1 aliphatic rings. The number of pyridine rings is 1. The number of alkyl halides is 6. The lowest BCUT2D eigenvalue weighted by atomic mass is 9.78. The van der Waals surface area contributed by atoms with E-state index in [4.69, 9.17) is 0 Å². The van der Waals surface area contributed by atoms with Crippen molar-refractivity contribution in [3.05, 3.63) is 88.4 Å². The second kappa shape index (κ2) is 12.2. The highest BCUT2D eigenvalue weighted by Crippen LogP contribution is 2.39. The molecule has 4 rings (SSSR count). The van der Waals surface area contributed by atoms with Gasteiger partial charge in [-0.05, 0) is 72.5 Å². The number of carbonyl (C=O) groups is 2. The van der Waals surface area contributed by atoms with Gasteiger partial charge in [0.1, 0.15) is 11.6 Å². The SMILES string of the molecule is CC(=O)Nc1ccc(N2CC[C@@H](C(=O)N(C)Cc3cc(C(F)(F)F)cc(C(F)(F)F)c3)[C@H](c3ccc(F)cc3C)C2)nc1. The second-order valence-electron chi connectivity index (χ2n) is 10.6. The maximum atomic E-state index is 14.0. The van der Waals surface area contributed by atoms with E-state index < -0.39 is 53.6 Å². The number of hydrogen-bond acceptors (Lipinski definition) is 4. The Hall–Kier alpha value is -4.16. The van der Waals surface area contributed by atoms with E-state index in [1.165, 1.54) is 32.3 Å². The number of rotatable bonds is 6. The molecule has 0 radical (unpaired) electrons. The van der Waals surface area contributed by atoms with Gasteiger partial charge in [-0.3, -0.25) is 9.59 Å². The zero-order valence-corrected chi connectivity index (χ0v) is 23.5. The molecule has 1 saturated heterocycles. The molecule has 0 aliphatic carbocycles. The number of nitrogens with zero attached hydrogens (tertiary/aromatic N) is 3. The van der Waals surface area contributed by atoms with Crippen LogP contribution < -0.4 is 10.2 Å². The molecular weight excluding hydrogens is 581 g/mol. The Labute approximate surface area is 243 Å². The van der Waals surface area contributed by atoms with Gasteiger partial charge >= 0.3 is 12.4 Å². The first-order chi connectivity index (χ1) is 20.0. The number of aromatic nitrogens is 1. The third kappa shape index (κ3) is 7.63. The van der Waals surface area contributed by atoms with E-state index in [-0.39, 0.29) is 30.5 Å². The predicted molar refractivity (Wildman–Crippen MR) is 146 cm³/mol. The van der Waals surface area contributed by atoms with Crippen LogP contribution in [-0.2, 0) is 28.5 Å². The normalized spacial score (nSPS) is 17.5. The lowest BCUT2D eigenvalue weighted by Gasteiger charge is -2.40. The quantitative estimate of drug-likeness (QED) is 0.312. The van der Waals surface area contributed by atoms with Gasteiger partial charge in [0, 0.05) is 45.4 Å². The van der Waals surface area contributed by atoms with Gasteiger partial charge < -0.3 is 15.1 Å². The monoisotopic (exact) mass is 610 g/mol. The van der Waals surface area contributed by atoms with Gasteiger partial charge in [0.05, 0.1) is 23.0 Å². The van der Waals surface area contributed by atoms with Gasteiger partial charge in [0.2, 0.25) is 11.8 Å². The standard InChI is InChI=1S/C30H29F7N4O2/c1-17-10-22(31)4-6-24(17)26-16-41(27-7-5-23(14-38-27)39-18(2)42)9-8-25(26)28(43)40(3)15-19-11-20(29(32,33)34)13-21(12-19)30(35,36)37/h4-7,10-14,25-26H,8-9,15-16H2,1-3H3,(H,39,42)/t25-,26+/m1/s1. The van der Waals surface area contributed by atoms with E-state index in [1.807, 2.05) is 4.90 Å². The predicted octanol–water partition coefficient (Wildman–Crippen LogP) is 6.79. The van der Waals surface area contributed by atoms with E-state index in [1.54, 1.807) is 25.1 Å². The fraction of sp³-hybridized carbons (Fsp3) is 0.367. The number of amides is 2. The van der Waals surface area contributed by atoms with Crippen LogP contribution in [0.4, 0.5) is 42.2 Å². The Morgan fingerprint density at radius 2 is 1.65 bits per heavy atom. The molecular formula is C30H29F7N4O2. The summed E-state index contributed by atoms with van der Waals surface area (Å²) in [6, 6.07) is 8.84. The topological polar surface area (TPSA) is 65.5 Å². The first-order valence-corrected chi connectivity index (χ1v) is 13.3. The molecule has 3 aromatic rings. The largest absolute Gasteiger partial charge is 0.416 e. The van der Waals surface area contributed by atoms with Gasteiger partial charge in [0.15, 0.2) is 0 Å². The van der Waals surface area contributed by atoms with E-state index >= 15 is 0 Å². The minimum atomic E-state index is -5.01. The van der Waals surface area contributed by atoms with Crippen molar-refractivity contribution in [3.8, 4) is 0 Å². The highest BCUT2D eigenvalue weighted by molar-refractivity contribution is 5.88. The minimum absolute atomic E-state index is 0.0468. The molecule has 1 aromatic heterocycles. The lowest BCUT2D eigenvalue weighted by Crippen LogP contribution is -2.46. The molecule has 0 unspecified atom stereocenters. The number of aryl methyl sites for hydroxylation is 1. The maximum Gasteiger partial charge on any atom is 0.416 e. The minimum Gasteiger partial charge on any atom is -0.356 e. The van der Waals surface area contributed by atoms with E-state index in [0.717, 1.165) is 4.90 Å². The van der Waals surface area contributed by atoms with Crippen molar-refractivity contribution in [1.82, 2.24) is 9.88 Å². The summed E-state index contributed by atoms with van der Waals surface area (Å²) >= 11 is 0. The number of anilines is 2. The maximum absolute atomic E-state index is 14.0. The van der Waals surface area contributed by atoms with Crippen molar-refractivity contribution in [2.45, 2.75) is 45.1 Å². The average Bonchev–Trinajstić information content (AvgIpc) is 2.91. The Kier molecular flexibility index (Phi) is 9.02. The van der Waals surface area contributed by atoms with Crippen LogP contribution >= 0.6 is 0 Å². The molecule has 6 nitrogen and oxygen atoms in total. The zero-order chi connectivity index (χ0) is 31.7. The van der Waals surface area contributed by atoms with Gasteiger partial charge in [-0.2, -0.15) is 26.3 Å². The summed E-state index contributed by atoms with van der Waals surface area (Å²) in [7, 11) is 1.33. The van der Waals surface area contributed by atoms with Crippen molar-refractivity contribution in [1.29, 1.82) is 0 Å². The number of nitrogens with one attached hydrogen (secondary N) is 1. The zero-order valence-electron chi connectivity index (χ0n) is 23.5. The molecule has 2 amide bonds. The first-order valence-electron chi connectivity index (χ1n) is 13.3. The van der Waals surface area contributed by atoms with Gasteiger partial charge in [-0.1, -0.05) is 6.07 Å². The van der Waals surface area contributed by atoms with Crippen LogP contribution in [0.2, 0.25) is 0 Å². The Morgan fingerprint density at radius 3 is 2.19 bits per heavy atom. The van der Waals surface area contributed by atoms with E-state index in [2.05, 4.69) is 10.3 Å². The van der Waals surface area contributed by atoms with Gasteiger partial charge in [-0.15, -0.1) is 0 Å². The van der Waals surface area contributed by atoms with Crippen molar-refractivity contribution in [2.75, 3.05) is 30.4 Å². The summed E-state index contributed by atoms with van der Waals surface area (Å²) < 4.78 is 94.2. The Morgan fingerprint density at radius 1 is 1.00 bits per heavy atom.